The van der Waals surface area contributed by atoms with Crippen LogP contribution in [0, 0.1) is 6.92 Å². The van der Waals surface area contributed by atoms with Crippen molar-refractivity contribution < 1.29 is 13.2 Å². The molecule has 0 bridgehead atoms. The van der Waals surface area contributed by atoms with Crippen molar-refractivity contribution in [2.24, 2.45) is 0 Å². The average molecular weight is 280 g/mol. The van der Waals surface area contributed by atoms with Crippen LogP contribution < -0.4 is 9.46 Å². The van der Waals surface area contributed by atoms with Crippen LogP contribution in [0.4, 0.5) is 0 Å². The summed E-state index contributed by atoms with van der Waals surface area (Å²) >= 11 is 0. The maximum absolute atomic E-state index is 12.3. The van der Waals surface area contributed by atoms with Crippen molar-refractivity contribution in [3.05, 3.63) is 47.8 Å². The van der Waals surface area contributed by atoms with Crippen molar-refractivity contribution in [1.29, 1.82) is 0 Å². The average Bonchev–Trinajstić information content (AvgIpc) is 2.89. The van der Waals surface area contributed by atoms with Gasteiger partial charge < -0.3 is 9.72 Å². The summed E-state index contributed by atoms with van der Waals surface area (Å²) in [6, 6.07) is 6.87. The van der Waals surface area contributed by atoms with Crippen LogP contribution in [0.5, 0.6) is 5.75 Å². The Hall–Kier alpha value is -1.79. The van der Waals surface area contributed by atoms with E-state index in [9.17, 15) is 8.42 Å². The molecule has 19 heavy (non-hydrogen) atoms. The van der Waals surface area contributed by atoms with Crippen LogP contribution in [-0.2, 0) is 16.6 Å². The molecule has 1 aromatic heterocycles. The van der Waals surface area contributed by atoms with Gasteiger partial charge in [-0.1, -0.05) is 6.07 Å². The van der Waals surface area contributed by atoms with E-state index in [0.717, 1.165) is 11.1 Å². The second-order valence-electron chi connectivity index (χ2n) is 4.20. The highest BCUT2D eigenvalue weighted by molar-refractivity contribution is 7.89. The first-order valence-corrected chi connectivity index (χ1v) is 7.27. The molecule has 2 aromatic rings. The van der Waals surface area contributed by atoms with Crippen molar-refractivity contribution in [3.63, 3.8) is 0 Å². The number of H-pyrrole nitrogens is 1. The third-order valence-corrected chi connectivity index (χ3v) is 4.16. The first kappa shape index (κ1) is 13.6. The van der Waals surface area contributed by atoms with Crippen LogP contribution >= 0.6 is 0 Å². The fourth-order valence-electron chi connectivity index (χ4n) is 1.72. The van der Waals surface area contributed by atoms with Crippen LogP contribution in [0.25, 0.3) is 0 Å². The van der Waals surface area contributed by atoms with Crippen molar-refractivity contribution in [3.8, 4) is 5.75 Å². The van der Waals surface area contributed by atoms with Gasteiger partial charge in [-0.3, -0.25) is 0 Å². The van der Waals surface area contributed by atoms with E-state index in [1.54, 1.807) is 24.5 Å². The van der Waals surface area contributed by atoms with Crippen molar-refractivity contribution in [1.82, 2.24) is 9.71 Å². The minimum Gasteiger partial charge on any atom is -0.495 e. The van der Waals surface area contributed by atoms with Crippen LogP contribution in [0.1, 0.15) is 11.1 Å². The monoisotopic (exact) mass is 280 g/mol. The Bertz CT molecular complexity index is 649. The van der Waals surface area contributed by atoms with Gasteiger partial charge in [0.25, 0.3) is 0 Å². The smallest absolute Gasteiger partial charge is 0.244 e. The van der Waals surface area contributed by atoms with Gasteiger partial charge in [-0.25, -0.2) is 13.1 Å². The molecule has 0 aliphatic carbocycles. The molecule has 0 fully saturated rings. The standard InChI is InChI=1S/C13H16N2O3S/c1-10-3-4-12(18-2)13(7-10)19(16,17)15-9-11-5-6-14-8-11/h3-8,14-15H,9H2,1-2H3. The Morgan fingerprint density at radius 3 is 2.74 bits per heavy atom. The van der Waals surface area contributed by atoms with Crippen LogP contribution in [-0.4, -0.2) is 20.5 Å². The third kappa shape index (κ3) is 3.15. The molecule has 2 rings (SSSR count). The summed E-state index contributed by atoms with van der Waals surface area (Å²) in [5.74, 6) is 0.340. The van der Waals surface area contributed by atoms with Gasteiger partial charge in [-0.05, 0) is 36.2 Å². The normalized spacial score (nSPS) is 11.5. The topological polar surface area (TPSA) is 71.2 Å². The lowest BCUT2D eigenvalue weighted by molar-refractivity contribution is 0.402. The van der Waals surface area contributed by atoms with E-state index in [0.29, 0.717) is 5.75 Å². The number of nitrogens with one attached hydrogen (secondary N) is 2. The van der Waals surface area contributed by atoms with Crippen molar-refractivity contribution in [2.45, 2.75) is 18.4 Å². The molecule has 6 heteroatoms. The molecular formula is C13H16N2O3S. The van der Waals surface area contributed by atoms with E-state index in [2.05, 4.69) is 9.71 Å². The minimum atomic E-state index is -3.59. The summed E-state index contributed by atoms with van der Waals surface area (Å²) in [5.41, 5.74) is 1.73. The molecule has 0 spiro atoms. The Kier molecular flexibility index (Phi) is 3.92. The summed E-state index contributed by atoms with van der Waals surface area (Å²) in [6.07, 6.45) is 3.49. The molecule has 102 valence electrons. The molecule has 0 saturated carbocycles. The zero-order chi connectivity index (χ0) is 13.9. The molecule has 5 nitrogen and oxygen atoms in total. The summed E-state index contributed by atoms with van der Waals surface area (Å²) in [7, 11) is -2.14. The lowest BCUT2D eigenvalue weighted by Crippen LogP contribution is -2.23. The predicted molar refractivity (Wildman–Crippen MR) is 72.5 cm³/mol. The molecule has 0 saturated heterocycles. The molecular weight excluding hydrogens is 264 g/mol. The van der Waals surface area contributed by atoms with Crippen molar-refractivity contribution in [2.75, 3.05) is 7.11 Å². The first-order valence-electron chi connectivity index (χ1n) is 5.79. The van der Waals surface area contributed by atoms with Gasteiger partial charge in [0.2, 0.25) is 10.0 Å². The number of methoxy groups -OCH3 is 1. The number of benzene rings is 1. The maximum Gasteiger partial charge on any atom is 0.244 e. The maximum atomic E-state index is 12.3. The summed E-state index contributed by atoms with van der Waals surface area (Å²) < 4.78 is 32.2. The van der Waals surface area contributed by atoms with Gasteiger partial charge in [0.1, 0.15) is 10.6 Å². The van der Waals surface area contributed by atoms with Gasteiger partial charge in [0.05, 0.1) is 7.11 Å². The van der Waals surface area contributed by atoms with E-state index in [-0.39, 0.29) is 11.4 Å². The second kappa shape index (κ2) is 5.46. The second-order valence-corrected chi connectivity index (χ2v) is 5.93. The highest BCUT2D eigenvalue weighted by atomic mass is 32.2. The number of hydrogen-bond donors (Lipinski definition) is 2. The Morgan fingerprint density at radius 2 is 2.11 bits per heavy atom. The lowest BCUT2D eigenvalue weighted by atomic mass is 10.2. The number of aromatic nitrogens is 1. The highest BCUT2D eigenvalue weighted by Gasteiger charge is 2.19. The van der Waals surface area contributed by atoms with Crippen LogP contribution in [0.2, 0.25) is 0 Å². The zero-order valence-corrected chi connectivity index (χ0v) is 11.6. The van der Waals surface area contributed by atoms with E-state index >= 15 is 0 Å². The van der Waals surface area contributed by atoms with E-state index in [1.807, 2.05) is 19.1 Å². The minimum absolute atomic E-state index is 0.158. The van der Waals surface area contributed by atoms with Gasteiger partial charge >= 0.3 is 0 Å². The fourth-order valence-corrected chi connectivity index (χ4v) is 2.99. The van der Waals surface area contributed by atoms with Gasteiger partial charge in [-0.2, -0.15) is 0 Å². The van der Waals surface area contributed by atoms with E-state index in [4.69, 9.17) is 4.74 Å². The SMILES string of the molecule is COc1ccc(C)cc1S(=O)(=O)NCc1cc[nH]c1. The largest absolute Gasteiger partial charge is 0.495 e. The summed E-state index contributed by atoms with van der Waals surface area (Å²) in [4.78, 5) is 3.04. The molecule has 0 aliphatic heterocycles. The summed E-state index contributed by atoms with van der Waals surface area (Å²) in [6.45, 7) is 2.08. The Balaban J connectivity index is 2.26. The quantitative estimate of drug-likeness (QED) is 0.877. The number of hydrogen-bond acceptors (Lipinski definition) is 3. The molecule has 0 amide bonds. The molecule has 0 aliphatic rings. The van der Waals surface area contributed by atoms with Crippen molar-refractivity contribution >= 4 is 10.0 Å². The molecule has 0 radical (unpaired) electrons. The third-order valence-electron chi connectivity index (χ3n) is 2.74. The van der Waals surface area contributed by atoms with Gasteiger partial charge in [-0.15, -0.1) is 0 Å². The van der Waals surface area contributed by atoms with Gasteiger partial charge in [0, 0.05) is 18.9 Å². The fraction of sp³-hybridized carbons (Fsp3) is 0.231. The number of rotatable bonds is 5. The highest BCUT2D eigenvalue weighted by Crippen LogP contribution is 2.24. The van der Waals surface area contributed by atoms with Crippen LogP contribution in [0.15, 0.2) is 41.6 Å². The Morgan fingerprint density at radius 1 is 1.32 bits per heavy atom. The number of ether oxygens (including phenoxy) is 1. The van der Waals surface area contributed by atoms with Crippen LogP contribution in [0.3, 0.4) is 0 Å². The molecule has 0 unspecified atom stereocenters. The molecule has 1 heterocycles. The molecule has 2 N–H and O–H groups in total. The van der Waals surface area contributed by atoms with E-state index < -0.39 is 10.0 Å². The molecule has 0 atom stereocenters. The van der Waals surface area contributed by atoms with Gasteiger partial charge in [0.15, 0.2) is 0 Å². The zero-order valence-electron chi connectivity index (χ0n) is 10.8. The lowest BCUT2D eigenvalue weighted by Gasteiger charge is -2.11. The number of aromatic amines is 1. The predicted octanol–water partition coefficient (Wildman–Crippen LogP) is 1.81. The number of sulfonamides is 1. The molecule has 1 aromatic carbocycles. The van der Waals surface area contributed by atoms with E-state index in [1.165, 1.54) is 7.11 Å². The summed E-state index contributed by atoms with van der Waals surface area (Å²) in [5, 5.41) is 0. The Labute approximate surface area is 112 Å². The first-order chi connectivity index (χ1) is 9.03. The number of aryl methyl sites for hydroxylation is 1.